The van der Waals surface area contributed by atoms with Crippen LogP contribution in [0.25, 0.3) is 5.57 Å². The average molecular weight is 376 g/mol. The minimum atomic E-state index is -0.447. The van der Waals surface area contributed by atoms with Crippen LogP contribution in [0.4, 0.5) is 0 Å². The largest absolute Gasteiger partial charge is 0.457 e. The Labute approximate surface area is 172 Å². The third kappa shape index (κ3) is 2.34. The van der Waals surface area contributed by atoms with Gasteiger partial charge in [0.2, 0.25) is 0 Å². The second-order valence-corrected chi connectivity index (χ2v) is 8.16. The van der Waals surface area contributed by atoms with Gasteiger partial charge >= 0.3 is 0 Å². The Hall–Kier alpha value is -3.32. The lowest BCUT2D eigenvalue weighted by molar-refractivity contribution is 0.436. The predicted molar refractivity (Wildman–Crippen MR) is 120 cm³/mol. The Morgan fingerprint density at radius 1 is 0.828 bits per heavy atom. The number of fused-ring (bicyclic) bond motifs is 6. The molecule has 3 aromatic rings. The van der Waals surface area contributed by atoms with Gasteiger partial charge < -0.3 is 4.74 Å². The van der Waals surface area contributed by atoms with E-state index in [9.17, 15) is 0 Å². The second kappa shape index (κ2) is 6.35. The van der Waals surface area contributed by atoms with Gasteiger partial charge in [0, 0.05) is 11.1 Å². The van der Waals surface area contributed by atoms with Crippen molar-refractivity contribution in [2.24, 2.45) is 5.92 Å². The van der Waals surface area contributed by atoms with E-state index in [1.807, 2.05) is 12.1 Å². The second-order valence-electron chi connectivity index (χ2n) is 8.16. The third-order valence-corrected chi connectivity index (χ3v) is 6.26. The van der Waals surface area contributed by atoms with E-state index in [1.165, 1.54) is 16.7 Å². The Morgan fingerprint density at radius 3 is 1.93 bits per heavy atom. The van der Waals surface area contributed by atoms with Crippen LogP contribution in [0.3, 0.4) is 0 Å². The average Bonchev–Trinajstić information content (AvgIpc) is 2.98. The zero-order valence-corrected chi connectivity index (χ0v) is 16.9. The van der Waals surface area contributed by atoms with E-state index in [2.05, 4.69) is 93.7 Å². The molecular weight excluding hydrogens is 352 g/mol. The minimum absolute atomic E-state index is 0.362. The van der Waals surface area contributed by atoms with E-state index in [0.29, 0.717) is 5.92 Å². The normalized spacial score (nSPS) is 17.1. The maximum Gasteiger partial charge on any atom is 0.132 e. The first-order chi connectivity index (χ1) is 14.0. The van der Waals surface area contributed by atoms with E-state index in [1.54, 1.807) is 0 Å². The Bertz CT molecular complexity index is 1150. The summed E-state index contributed by atoms with van der Waals surface area (Å²) in [4.78, 5) is 0. The molecule has 0 atom stereocenters. The van der Waals surface area contributed by atoms with Gasteiger partial charge in [0.05, 0.1) is 5.41 Å². The lowest BCUT2D eigenvalue weighted by Crippen LogP contribution is -2.32. The number of para-hydroxylation sites is 2. The van der Waals surface area contributed by atoms with Gasteiger partial charge in [-0.2, -0.15) is 0 Å². The predicted octanol–water partition coefficient (Wildman–Crippen LogP) is 7.29. The number of benzene rings is 3. The molecule has 0 N–H and O–H groups in total. The topological polar surface area (TPSA) is 9.23 Å². The molecule has 1 spiro atoms. The first kappa shape index (κ1) is 17.8. The Kier molecular flexibility index (Phi) is 3.89. The summed E-state index contributed by atoms with van der Waals surface area (Å²) < 4.78 is 6.34. The highest BCUT2D eigenvalue weighted by Gasteiger charge is 2.52. The fourth-order valence-corrected chi connectivity index (χ4v) is 4.71. The van der Waals surface area contributed by atoms with Crippen LogP contribution in [-0.2, 0) is 5.41 Å². The number of ether oxygens (including phenoxy) is 1. The zero-order valence-electron chi connectivity index (χ0n) is 16.9. The summed E-state index contributed by atoms with van der Waals surface area (Å²) in [6.45, 7) is 13.3. The van der Waals surface area contributed by atoms with Crippen LogP contribution in [0.15, 0.2) is 103 Å². The van der Waals surface area contributed by atoms with E-state index in [-0.39, 0.29) is 0 Å². The van der Waals surface area contributed by atoms with E-state index >= 15 is 0 Å². The smallest absolute Gasteiger partial charge is 0.132 e. The molecule has 3 aromatic carbocycles. The van der Waals surface area contributed by atoms with Crippen molar-refractivity contribution in [3.63, 3.8) is 0 Å². The summed E-state index contributed by atoms with van der Waals surface area (Å²) in [5, 5.41) is 0. The van der Waals surface area contributed by atoms with E-state index < -0.39 is 5.41 Å². The van der Waals surface area contributed by atoms with Gasteiger partial charge in [0.15, 0.2) is 0 Å². The summed E-state index contributed by atoms with van der Waals surface area (Å²) in [5.41, 5.74) is 7.69. The highest BCUT2D eigenvalue weighted by Crippen LogP contribution is 2.62. The van der Waals surface area contributed by atoms with Crippen LogP contribution in [0, 0.1) is 5.92 Å². The summed E-state index contributed by atoms with van der Waals surface area (Å²) in [7, 11) is 0. The highest BCUT2D eigenvalue weighted by atomic mass is 16.5. The number of hydrogen-bond donors (Lipinski definition) is 0. The van der Waals surface area contributed by atoms with Crippen molar-refractivity contribution < 1.29 is 4.74 Å². The molecule has 2 aliphatic rings. The van der Waals surface area contributed by atoms with Crippen molar-refractivity contribution in [3.8, 4) is 11.5 Å². The number of rotatable bonds is 2. The van der Waals surface area contributed by atoms with Crippen molar-refractivity contribution in [2.75, 3.05) is 0 Å². The molecule has 1 nitrogen and oxygen atoms in total. The summed E-state index contributed by atoms with van der Waals surface area (Å²) in [6.07, 6.45) is 2.26. The lowest BCUT2D eigenvalue weighted by Gasteiger charge is -2.39. The van der Waals surface area contributed by atoms with Crippen LogP contribution in [0.1, 0.15) is 36.1 Å². The summed E-state index contributed by atoms with van der Waals surface area (Å²) >= 11 is 0. The van der Waals surface area contributed by atoms with Crippen molar-refractivity contribution in [1.29, 1.82) is 0 Å². The van der Waals surface area contributed by atoms with Crippen LogP contribution < -0.4 is 4.74 Å². The molecule has 1 heteroatoms. The van der Waals surface area contributed by atoms with Gasteiger partial charge in [-0.05, 0) is 40.3 Å². The first-order valence-corrected chi connectivity index (χ1v) is 10.1. The molecule has 1 aliphatic heterocycles. The molecule has 0 saturated carbocycles. The lowest BCUT2D eigenvalue weighted by atomic mass is 9.65. The molecule has 29 heavy (non-hydrogen) atoms. The fraction of sp³-hybridized carbons (Fsp3) is 0.143. The zero-order chi connectivity index (χ0) is 20.2. The summed E-state index contributed by atoms with van der Waals surface area (Å²) in [5.74, 6) is 2.16. The highest BCUT2D eigenvalue weighted by molar-refractivity contribution is 5.95. The van der Waals surface area contributed by atoms with E-state index in [0.717, 1.165) is 33.8 Å². The van der Waals surface area contributed by atoms with Gasteiger partial charge in [0.25, 0.3) is 0 Å². The van der Waals surface area contributed by atoms with Crippen LogP contribution in [0.5, 0.6) is 11.5 Å². The van der Waals surface area contributed by atoms with Gasteiger partial charge in [-0.15, -0.1) is 0 Å². The molecule has 5 rings (SSSR count). The molecule has 0 amide bonds. The maximum atomic E-state index is 6.34. The number of allylic oxidation sites excluding steroid dienone is 4. The standard InChI is InChI=1S/C28H24O/c1-18(2)19(3)17-25-20(4)21-11-5-6-12-22(21)28(25)23-13-7-9-15-26(23)29-27-16-10-8-14-24(27)28/h5-18H,3-4H2,1-2H3/b25-17+. The molecule has 0 bridgehead atoms. The molecule has 0 saturated heterocycles. The van der Waals surface area contributed by atoms with Gasteiger partial charge in [-0.25, -0.2) is 0 Å². The molecule has 0 unspecified atom stereocenters. The van der Waals surface area contributed by atoms with Crippen LogP contribution in [0.2, 0.25) is 0 Å². The molecule has 0 fully saturated rings. The maximum absolute atomic E-state index is 6.34. The molecule has 0 aromatic heterocycles. The SMILES string of the molecule is C=C1/C(=C\C(=C)C(C)C)C2(c3ccccc3Oc3ccccc32)c2ccccc21. The van der Waals surface area contributed by atoms with Gasteiger partial charge in [0.1, 0.15) is 11.5 Å². The fourth-order valence-electron chi connectivity index (χ4n) is 4.71. The third-order valence-electron chi connectivity index (χ3n) is 6.26. The monoisotopic (exact) mass is 376 g/mol. The Balaban J connectivity index is 1.96. The number of hydrogen-bond acceptors (Lipinski definition) is 1. The molecule has 142 valence electrons. The van der Waals surface area contributed by atoms with Gasteiger partial charge in [-0.3, -0.25) is 0 Å². The van der Waals surface area contributed by atoms with Crippen LogP contribution >= 0.6 is 0 Å². The molecule has 1 aliphatic carbocycles. The van der Waals surface area contributed by atoms with Crippen molar-refractivity contribution >= 4 is 5.57 Å². The van der Waals surface area contributed by atoms with Crippen molar-refractivity contribution in [1.82, 2.24) is 0 Å². The first-order valence-electron chi connectivity index (χ1n) is 10.1. The molecule has 0 radical (unpaired) electrons. The molecule has 1 heterocycles. The van der Waals surface area contributed by atoms with Crippen molar-refractivity contribution in [2.45, 2.75) is 19.3 Å². The molecular formula is C28H24O. The van der Waals surface area contributed by atoms with Crippen molar-refractivity contribution in [3.05, 3.63) is 125 Å². The van der Waals surface area contributed by atoms with Crippen LogP contribution in [-0.4, -0.2) is 0 Å². The minimum Gasteiger partial charge on any atom is -0.457 e. The van der Waals surface area contributed by atoms with E-state index in [4.69, 9.17) is 4.74 Å². The summed E-state index contributed by atoms with van der Waals surface area (Å²) in [6, 6.07) is 25.4. The van der Waals surface area contributed by atoms with Gasteiger partial charge in [-0.1, -0.05) is 99.3 Å². The Morgan fingerprint density at radius 2 is 1.34 bits per heavy atom. The quantitative estimate of drug-likeness (QED) is 0.456.